The van der Waals surface area contributed by atoms with Crippen LogP contribution >= 0.6 is 0 Å². The van der Waals surface area contributed by atoms with Crippen LogP contribution in [0.15, 0.2) is 60.0 Å². The second-order valence-corrected chi connectivity index (χ2v) is 7.60. The van der Waals surface area contributed by atoms with Crippen LogP contribution in [-0.4, -0.2) is 31.3 Å². The largest absolute Gasteiger partial charge is 0.483 e. The fourth-order valence-corrected chi connectivity index (χ4v) is 3.88. The quantitative estimate of drug-likeness (QED) is 0.678. The van der Waals surface area contributed by atoms with Crippen LogP contribution in [-0.2, 0) is 13.7 Å². The lowest BCUT2D eigenvalue weighted by Crippen LogP contribution is -2.39. The van der Waals surface area contributed by atoms with E-state index in [2.05, 4.69) is 15.4 Å². The van der Waals surface area contributed by atoms with Gasteiger partial charge in [-0.3, -0.25) is 9.59 Å². The van der Waals surface area contributed by atoms with E-state index in [1.165, 1.54) is 6.07 Å². The average Bonchev–Trinajstić information content (AvgIpc) is 3.30. The molecule has 4 rings (SSSR count). The molecular formula is C22H25N5O3. The fourth-order valence-electron chi connectivity index (χ4n) is 3.88. The SMILES string of the molecule is Cn1ccc(=O)c(OCc2ccccc2)c1C(=O)NC1CCC(n2cncn2)CC1. The molecule has 2 aromatic heterocycles. The summed E-state index contributed by atoms with van der Waals surface area (Å²) in [6, 6.07) is 11.3. The summed E-state index contributed by atoms with van der Waals surface area (Å²) in [6.45, 7) is 0.226. The van der Waals surface area contributed by atoms with Gasteiger partial charge >= 0.3 is 0 Å². The van der Waals surface area contributed by atoms with Gasteiger partial charge in [0.15, 0.2) is 11.4 Å². The van der Waals surface area contributed by atoms with E-state index in [0.717, 1.165) is 31.2 Å². The molecule has 0 saturated heterocycles. The molecule has 8 nitrogen and oxygen atoms in total. The van der Waals surface area contributed by atoms with Crippen molar-refractivity contribution in [1.82, 2.24) is 24.6 Å². The van der Waals surface area contributed by atoms with E-state index < -0.39 is 0 Å². The van der Waals surface area contributed by atoms with Crippen LogP contribution in [0.2, 0.25) is 0 Å². The van der Waals surface area contributed by atoms with Crippen LogP contribution in [0.4, 0.5) is 0 Å². The molecule has 30 heavy (non-hydrogen) atoms. The van der Waals surface area contributed by atoms with E-state index in [4.69, 9.17) is 4.74 Å². The minimum Gasteiger partial charge on any atom is -0.483 e. The summed E-state index contributed by atoms with van der Waals surface area (Å²) in [5.41, 5.74) is 0.877. The molecule has 2 heterocycles. The standard InChI is InChI=1S/C22H25N5O3/c1-26-12-11-19(28)21(30-13-16-5-3-2-4-6-16)20(26)22(29)25-17-7-9-18(10-8-17)27-15-23-14-24-27/h2-6,11-12,14-15,17-18H,7-10,13H2,1H3,(H,25,29). The van der Waals surface area contributed by atoms with Gasteiger partial charge in [-0.2, -0.15) is 5.10 Å². The molecule has 3 aromatic rings. The molecule has 1 amide bonds. The summed E-state index contributed by atoms with van der Waals surface area (Å²) < 4.78 is 9.32. The lowest BCUT2D eigenvalue weighted by molar-refractivity contribution is 0.0906. The number of nitrogens with zero attached hydrogens (tertiary/aromatic N) is 4. The number of aromatic nitrogens is 4. The number of hydrogen-bond donors (Lipinski definition) is 1. The van der Waals surface area contributed by atoms with Crippen molar-refractivity contribution in [3.8, 4) is 5.75 Å². The highest BCUT2D eigenvalue weighted by atomic mass is 16.5. The molecule has 0 radical (unpaired) electrons. The second-order valence-electron chi connectivity index (χ2n) is 7.60. The molecule has 1 fully saturated rings. The van der Waals surface area contributed by atoms with Gasteiger partial charge in [-0.15, -0.1) is 0 Å². The van der Waals surface area contributed by atoms with Crippen molar-refractivity contribution in [1.29, 1.82) is 0 Å². The molecule has 0 unspecified atom stereocenters. The predicted octanol–water partition coefficient (Wildman–Crippen LogP) is 2.47. The van der Waals surface area contributed by atoms with Gasteiger partial charge in [0.1, 0.15) is 19.3 Å². The zero-order valence-electron chi connectivity index (χ0n) is 16.9. The van der Waals surface area contributed by atoms with Gasteiger partial charge in [0.25, 0.3) is 5.91 Å². The Kier molecular flexibility index (Phi) is 5.92. The Morgan fingerprint density at radius 2 is 1.93 bits per heavy atom. The van der Waals surface area contributed by atoms with Gasteiger partial charge in [-0.1, -0.05) is 30.3 Å². The highest BCUT2D eigenvalue weighted by molar-refractivity contribution is 5.95. The number of ether oxygens (including phenoxy) is 1. The molecule has 0 atom stereocenters. The first-order valence-corrected chi connectivity index (χ1v) is 10.1. The first kappa shape index (κ1) is 19.9. The Hall–Kier alpha value is -3.42. The lowest BCUT2D eigenvalue weighted by atomic mass is 9.91. The maximum Gasteiger partial charge on any atom is 0.272 e. The highest BCUT2D eigenvalue weighted by Crippen LogP contribution is 2.28. The van der Waals surface area contributed by atoms with Gasteiger partial charge in [0.2, 0.25) is 5.43 Å². The van der Waals surface area contributed by atoms with E-state index in [-0.39, 0.29) is 35.4 Å². The number of hydrogen-bond acceptors (Lipinski definition) is 5. The molecule has 1 aliphatic rings. The maximum absolute atomic E-state index is 13.0. The third-order valence-corrected chi connectivity index (χ3v) is 5.52. The van der Waals surface area contributed by atoms with E-state index in [1.54, 1.807) is 30.5 Å². The van der Waals surface area contributed by atoms with Crippen LogP contribution in [0.3, 0.4) is 0 Å². The Bertz CT molecular complexity index is 1040. The minimum absolute atomic E-state index is 0.0505. The molecule has 0 bridgehead atoms. The van der Waals surface area contributed by atoms with Gasteiger partial charge in [0.05, 0.1) is 6.04 Å². The molecule has 8 heteroatoms. The number of pyridine rings is 1. The van der Waals surface area contributed by atoms with Crippen LogP contribution < -0.4 is 15.5 Å². The molecule has 1 aliphatic carbocycles. The molecule has 1 N–H and O–H groups in total. The van der Waals surface area contributed by atoms with Gasteiger partial charge in [0, 0.05) is 25.4 Å². The van der Waals surface area contributed by atoms with Crippen molar-refractivity contribution in [2.24, 2.45) is 7.05 Å². The van der Waals surface area contributed by atoms with Crippen molar-refractivity contribution in [3.63, 3.8) is 0 Å². The van der Waals surface area contributed by atoms with Crippen molar-refractivity contribution in [2.75, 3.05) is 0 Å². The summed E-state index contributed by atoms with van der Waals surface area (Å²) in [6.07, 6.45) is 8.39. The number of carbonyl (C=O) groups excluding carboxylic acids is 1. The summed E-state index contributed by atoms with van der Waals surface area (Å²) in [5.74, 6) is -0.208. The molecule has 0 spiro atoms. The topological polar surface area (TPSA) is 91.0 Å². The zero-order valence-corrected chi connectivity index (χ0v) is 16.9. The first-order chi connectivity index (χ1) is 14.6. The summed E-state index contributed by atoms with van der Waals surface area (Å²) in [5, 5.41) is 7.30. The monoisotopic (exact) mass is 407 g/mol. The number of rotatable bonds is 6. The number of nitrogens with one attached hydrogen (secondary N) is 1. The average molecular weight is 407 g/mol. The third kappa shape index (κ3) is 4.42. The van der Waals surface area contributed by atoms with Crippen LogP contribution in [0.1, 0.15) is 47.8 Å². The summed E-state index contributed by atoms with van der Waals surface area (Å²) in [4.78, 5) is 29.5. The Labute approximate surface area is 174 Å². The van der Waals surface area contributed by atoms with Crippen molar-refractivity contribution < 1.29 is 9.53 Å². The van der Waals surface area contributed by atoms with Crippen molar-refractivity contribution >= 4 is 5.91 Å². The van der Waals surface area contributed by atoms with Gasteiger partial charge in [-0.25, -0.2) is 9.67 Å². The highest BCUT2D eigenvalue weighted by Gasteiger charge is 2.26. The second kappa shape index (κ2) is 8.94. The fraction of sp³-hybridized carbons (Fsp3) is 0.364. The minimum atomic E-state index is -0.302. The van der Waals surface area contributed by atoms with Gasteiger partial charge < -0.3 is 14.6 Å². The van der Waals surface area contributed by atoms with E-state index in [0.29, 0.717) is 6.04 Å². The van der Waals surface area contributed by atoms with Crippen LogP contribution in [0, 0.1) is 0 Å². The first-order valence-electron chi connectivity index (χ1n) is 10.1. The Morgan fingerprint density at radius 1 is 1.17 bits per heavy atom. The number of benzene rings is 1. The number of amides is 1. The molecular weight excluding hydrogens is 382 g/mol. The zero-order chi connectivity index (χ0) is 20.9. The summed E-state index contributed by atoms with van der Waals surface area (Å²) >= 11 is 0. The van der Waals surface area contributed by atoms with E-state index in [1.807, 2.05) is 35.0 Å². The number of carbonyl (C=O) groups is 1. The third-order valence-electron chi connectivity index (χ3n) is 5.52. The lowest BCUT2D eigenvalue weighted by Gasteiger charge is -2.29. The molecule has 0 aliphatic heterocycles. The molecule has 1 saturated carbocycles. The Morgan fingerprint density at radius 3 is 2.63 bits per heavy atom. The summed E-state index contributed by atoms with van der Waals surface area (Å²) in [7, 11) is 1.74. The smallest absolute Gasteiger partial charge is 0.272 e. The van der Waals surface area contributed by atoms with E-state index in [9.17, 15) is 9.59 Å². The van der Waals surface area contributed by atoms with Crippen molar-refractivity contribution in [3.05, 3.63) is 76.7 Å². The molecule has 156 valence electrons. The van der Waals surface area contributed by atoms with Crippen LogP contribution in [0.25, 0.3) is 0 Å². The van der Waals surface area contributed by atoms with Crippen LogP contribution in [0.5, 0.6) is 5.75 Å². The predicted molar refractivity (Wildman–Crippen MR) is 111 cm³/mol. The van der Waals surface area contributed by atoms with Gasteiger partial charge in [-0.05, 0) is 31.2 Å². The van der Waals surface area contributed by atoms with Crippen molar-refractivity contribution in [2.45, 2.75) is 44.4 Å². The normalized spacial score (nSPS) is 18.7. The van der Waals surface area contributed by atoms with E-state index >= 15 is 0 Å². The molecule has 1 aromatic carbocycles. The maximum atomic E-state index is 13.0. The number of aryl methyl sites for hydroxylation is 1. The Balaban J connectivity index is 1.44.